The highest BCUT2D eigenvalue weighted by Gasteiger charge is 2.53. The summed E-state index contributed by atoms with van der Waals surface area (Å²) in [6, 6.07) is 13.0. The normalized spacial score (nSPS) is 17.0. The zero-order valence-corrected chi connectivity index (χ0v) is 31.4. The standard InChI is InChI=1S/C37H48N6O13/c1-5-21(2)28(40-37(54)55-20-24-14-10-7-11-15-24)33(50)38-25(16-17-26(45)46)32(49)39-29(22(3)44)34(51)41-43(19-27(47)48)36(53)31-30(56-31)35(52)42(4)18-23-12-8-6-9-13-23/h6-15,21-22,25,28-31,44H,5,16-20H2,1-4H3,(H,38,50)(H,39,49)(H,40,54)(H,41,51)(H,45,46)(H,47,48)/t21-,22+,25-,28-,29-,30-,31-/m0/s1. The molecule has 1 saturated heterocycles. The van der Waals surface area contributed by atoms with Crippen molar-refractivity contribution in [1.82, 2.24) is 31.3 Å². The van der Waals surface area contributed by atoms with Crippen LogP contribution >= 0.6 is 0 Å². The number of aliphatic carboxylic acids is 2. The van der Waals surface area contributed by atoms with E-state index in [0.29, 0.717) is 17.0 Å². The van der Waals surface area contributed by atoms with Gasteiger partial charge in [-0.3, -0.25) is 39.0 Å². The summed E-state index contributed by atoms with van der Waals surface area (Å²) in [6.45, 7) is 3.50. The van der Waals surface area contributed by atoms with Crippen LogP contribution in [0.4, 0.5) is 4.79 Å². The number of benzene rings is 2. The van der Waals surface area contributed by atoms with Crippen molar-refractivity contribution in [2.45, 2.75) is 89.6 Å². The van der Waals surface area contributed by atoms with Crippen LogP contribution in [0.25, 0.3) is 0 Å². The number of rotatable bonds is 20. The molecule has 1 heterocycles. The van der Waals surface area contributed by atoms with Crippen molar-refractivity contribution in [1.29, 1.82) is 0 Å². The third kappa shape index (κ3) is 13.6. The number of hydrazine groups is 1. The van der Waals surface area contributed by atoms with E-state index in [1.165, 1.54) is 11.9 Å². The second-order valence-electron chi connectivity index (χ2n) is 13.2. The van der Waals surface area contributed by atoms with Crippen molar-refractivity contribution < 1.29 is 63.1 Å². The molecule has 304 valence electrons. The van der Waals surface area contributed by atoms with Crippen LogP contribution in [-0.4, -0.2) is 123 Å². The second kappa shape index (κ2) is 21.1. The minimum absolute atomic E-state index is 0.0953. The van der Waals surface area contributed by atoms with Gasteiger partial charge in [0.15, 0.2) is 12.2 Å². The molecule has 0 unspecified atom stereocenters. The van der Waals surface area contributed by atoms with Crippen LogP contribution in [0.2, 0.25) is 0 Å². The number of hydrogen-bond donors (Lipinski definition) is 7. The molecule has 1 fully saturated rings. The molecule has 2 aromatic carbocycles. The molecule has 0 aliphatic carbocycles. The van der Waals surface area contributed by atoms with Crippen LogP contribution in [0.5, 0.6) is 0 Å². The minimum Gasteiger partial charge on any atom is -0.481 e. The molecule has 7 atom stereocenters. The molecule has 1 aliphatic heterocycles. The topological polar surface area (TPSA) is 274 Å². The Bertz CT molecular complexity index is 1710. The van der Waals surface area contributed by atoms with Crippen LogP contribution in [-0.2, 0) is 56.2 Å². The monoisotopic (exact) mass is 784 g/mol. The van der Waals surface area contributed by atoms with Gasteiger partial charge in [0.1, 0.15) is 31.3 Å². The van der Waals surface area contributed by atoms with E-state index in [0.717, 1.165) is 12.5 Å². The lowest BCUT2D eigenvalue weighted by molar-refractivity contribution is -0.152. The fourth-order valence-electron chi connectivity index (χ4n) is 5.36. The van der Waals surface area contributed by atoms with Crippen LogP contribution in [0.3, 0.4) is 0 Å². The number of carboxylic acid groups (broad SMARTS) is 2. The Morgan fingerprint density at radius 3 is 1.91 bits per heavy atom. The quantitative estimate of drug-likeness (QED) is 0.0685. The third-order valence-electron chi connectivity index (χ3n) is 8.75. The lowest BCUT2D eigenvalue weighted by atomic mass is 9.97. The van der Waals surface area contributed by atoms with Crippen molar-refractivity contribution in [3.63, 3.8) is 0 Å². The van der Waals surface area contributed by atoms with Gasteiger partial charge >= 0.3 is 18.0 Å². The molecule has 19 heteroatoms. The largest absolute Gasteiger partial charge is 0.481 e. The molecule has 56 heavy (non-hydrogen) atoms. The number of hydrogen-bond acceptors (Lipinski definition) is 11. The highest BCUT2D eigenvalue weighted by Crippen LogP contribution is 2.26. The van der Waals surface area contributed by atoms with Crippen molar-refractivity contribution in [2.24, 2.45) is 5.92 Å². The maximum atomic E-state index is 13.5. The van der Waals surface area contributed by atoms with Crippen LogP contribution < -0.4 is 21.4 Å². The van der Waals surface area contributed by atoms with Gasteiger partial charge in [0.2, 0.25) is 11.8 Å². The molecule has 0 spiro atoms. The summed E-state index contributed by atoms with van der Waals surface area (Å²) in [7, 11) is 1.49. The number of nitrogens with one attached hydrogen (secondary N) is 4. The Labute approximate surface area is 322 Å². The van der Waals surface area contributed by atoms with Crippen molar-refractivity contribution >= 4 is 47.6 Å². The maximum Gasteiger partial charge on any atom is 0.408 e. The van der Waals surface area contributed by atoms with Crippen LogP contribution in [0, 0.1) is 5.92 Å². The number of aliphatic hydroxyl groups is 1. The van der Waals surface area contributed by atoms with Crippen molar-refractivity contribution in [3.8, 4) is 0 Å². The number of alkyl carbamates (subject to hydrolysis) is 1. The molecule has 2 aromatic rings. The molecule has 3 rings (SSSR count). The van der Waals surface area contributed by atoms with Gasteiger partial charge in [0, 0.05) is 20.0 Å². The van der Waals surface area contributed by atoms with Crippen molar-refractivity contribution in [2.75, 3.05) is 13.6 Å². The molecule has 6 amide bonds. The summed E-state index contributed by atoms with van der Waals surface area (Å²) in [6.07, 6.45) is -6.03. The molecular formula is C37H48N6O13. The fourth-order valence-corrected chi connectivity index (χ4v) is 5.36. The van der Waals surface area contributed by atoms with Gasteiger partial charge in [-0.15, -0.1) is 0 Å². The number of likely N-dealkylation sites (N-methyl/N-ethyl adjacent to an activating group) is 1. The van der Waals surface area contributed by atoms with E-state index in [4.69, 9.17) is 9.47 Å². The number of carbonyl (C=O) groups is 8. The zero-order valence-electron chi connectivity index (χ0n) is 31.4. The Hall–Kier alpha value is -6.08. The summed E-state index contributed by atoms with van der Waals surface area (Å²) in [5.74, 6) is -8.32. The summed E-state index contributed by atoms with van der Waals surface area (Å²) in [5, 5.41) is 36.7. The van der Waals surface area contributed by atoms with Gasteiger partial charge < -0.3 is 45.6 Å². The van der Waals surface area contributed by atoms with Crippen LogP contribution in [0.1, 0.15) is 51.2 Å². The highest BCUT2D eigenvalue weighted by atomic mass is 16.6. The average Bonchev–Trinajstić information content (AvgIpc) is 3.97. The molecule has 19 nitrogen and oxygen atoms in total. The third-order valence-corrected chi connectivity index (χ3v) is 8.75. The van der Waals surface area contributed by atoms with E-state index < -0.39 is 109 Å². The summed E-state index contributed by atoms with van der Waals surface area (Å²) >= 11 is 0. The first kappa shape index (κ1) is 44.3. The first-order valence-corrected chi connectivity index (χ1v) is 17.8. The van der Waals surface area contributed by atoms with Crippen molar-refractivity contribution in [3.05, 3.63) is 71.8 Å². The number of nitrogens with zero attached hydrogens (tertiary/aromatic N) is 2. The number of epoxide rings is 1. The number of carboxylic acids is 2. The Kier molecular flexibility index (Phi) is 16.7. The van der Waals surface area contributed by atoms with Gasteiger partial charge in [0.25, 0.3) is 17.7 Å². The molecule has 0 radical (unpaired) electrons. The highest BCUT2D eigenvalue weighted by molar-refractivity contribution is 5.98. The van der Waals surface area contributed by atoms with E-state index in [9.17, 15) is 53.7 Å². The summed E-state index contributed by atoms with van der Waals surface area (Å²) in [4.78, 5) is 104. The predicted molar refractivity (Wildman–Crippen MR) is 194 cm³/mol. The number of aliphatic hydroxyl groups excluding tert-OH is 1. The zero-order chi connectivity index (χ0) is 41.5. The minimum atomic E-state index is -1.87. The first-order chi connectivity index (χ1) is 26.5. The van der Waals surface area contributed by atoms with E-state index >= 15 is 0 Å². The smallest absolute Gasteiger partial charge is 0.408 e. The fraction of sp³-hybridized carbons (Fsp3) is 0.459. The van der Waals surface area contributed by atoms with Crippen LogP contribution in [0.15, 0.2) is 60.7 Å². The molecule has 0 saturated carbocycles. The van der Waals surface area contributed by atoms with Gasteiger partial charge in [-0.05, 0) is 30.4 Å². The van der Waals surface area contributed by atoms with Gasteiger partial charge in [-0.25, -0.2) is 9.80 Å². The van der Waals surface area contributed by atoms with E-state index in [-0.39, 0.29) is 13.2 Å². The molecular weight excluding hydrogens is 736 g/mol. The van der Waals surface area contributed by atoms with E-state index in [1.807, 2.05) is 5.43 Å². The Morgan fingerprint density at radius 2 is 1.36 bits per heavy atom. The Balaban J connectivity index is 1.70. The number of carbonyl (C=O) groups excluding carboxylic acids is 6. The summed E-state index contributed by atoms with van der Waals surface area (Å²) < 4.78 is 10.5. The van der Waals surface area contributed by atoms with Gasteiger partial charge in [-0.1, -0.05) is 80.9 Å². The second-order valence-corrected chi connectivity index (χ2v) is 13.2. The molecule has 7 N–H and O–H groups in total. The average molecular weight is 785 g/mol. The van der Waals surface area contributed by atoms with Gasteiger partial charge in [-0.2, -0.15) is 0 Å². The SMILES string of the molecule is CC[C@H](C)[C@H](NC(=O)OCc1ccccc1)C(=O)N[C@@H](CCC(=O)O)C(=O)N[C@H](C(=O)NN(CC(=O)O)C(=O)[C@H]1O[C@@H]1C(=O)N(C)Cc1ccccc1)[C@@H](C)O. The molecule has 0 aromatic heterocycles. The lowest BCUT2D eigenvalue weighted by Gasteiger charge is -2.29. The Morgan fingerprint density at radius 1 is 0.768 bits per heavy atom. The lowest BCUT2D eigenvalue weighted by Crippen LogP contribution is -2.62. The van der Waals surface area contributed by atoms with E-state index in [1.54, 1.807) is 74.5 Å². The van der Waals surface area contributed by atoms with E-state index in [2.05, 4.69) is 16.0 Å². The molecule has 1 aliphatic rings. The number of ether oxygens (including phenoxy) is 2. The number of amides is 6. The molecule has 0 bridgehead atoms. The van der Waals surface area contributed by atoms with Gasteiger partial charge in [0.05, 0.1) is 6.10 Å². The predicted octanol–water partition coefficient (Wildman–Crippen LogP) is -0.0869. The summed E-state index contributed by atoms with van der Waals surface area (Å²) in [5.41, 5.74) is 3.53. The first-order valence-electron chi connectivity index (χ1n) is 17.8. The maximum absolute atomic E-state index is 13.5.